The van der Waals surface area contributed by atoms with E-state index < -0.39 is 10.8 Å². The van der Waals surface area contributed by atoms with Crippen molar-refractivity contribution < 1.29 is 4.21 Å². The van der Waals surface area contributed by atoms with Gasteiger partial charge in [0, 0.05) is 41.6 Å². The van der Waals surface area contributed by atoms with E-state index in [1.807, 2.05) is 6.92 Å². The van der Waals surface area contributed by atoms with Gasteiger partial charge in [-0.05, 0) is 22.4 Å². The van der Waals surface area contributed by atoms with Crippen LogP contribution in [-0.4, -0.2) is 38.8 Å². The number of rotatable bonds is 8. The second-order valence-electron chi connectivity index (χ2n) is 3.68. The highest BCUT2D eigenvalue weighted by atomic mass is 79.9. The molecule has 0 aliphatic rings. The number of halogens is 1. The van der Waals surface area contributed by atoms with Gasteiger partial charge in [0.15, 0.2) is 0 Å². The molecule has 0 aromatic carbocycles. The van der Waals surface area contributed by atoms with Gasteiger partial charge in [0.2, 0.25) is 5.95 Å². The van der Waals surface area contributed by atoms with Gasteiger partial charge in [-0.2, -0.15) is 4.98 Å². The van der Waals surface area contributed by atoms with E-state index in [0.29, 0.717) is 24.0 Å². The summed E-state index contributed by atoms with van der Waals surface area (Å²) in [5.41, 5.74) is 0. The predicted molar refractivity (Wildman–Crippen MR) is 80.6 cm³/mol. The molecule has 0 spiro atoms. The average Bonchev–Trinajstić information content (AvgIpc) is 2.39. The molecule has 0 aliphatic heterocycles. The first kappa shape index (κ1) is 15.4. The van der Waals surface area contributed by atoms with Crippen LogP contribution < -0.4 is 10.6 Å². The molecule has 1 rings (SSSR count). The lowest BCUT2D eigenvalue weighted by Crippen LogP contribution is -2.14. The van der Waals surface area contributed by atoms with Gasteiger partial charge in [0.1, 0.15) is 5.82 Å². The number of nitrogens with zero attached hydrogens (tertiary/aromatic N) is 2. The van der Waals surface area contributed by atoms with Gasteiger partial charge in [-0.1, -0.05) is 13.8 Å². The van der Waals surface area contributed by atoms with Gasteiger partial charge < -0.3 is 10.6 Å². The van der Waals surface area contributed by atoms with Crippen LogP contribution in [0.25, 0.3) is 0 Å². The minimum Gasteiger partial charge on any atom is -0.368 e. The SMILES string of the molecule is CCCNc1ncc(Br)c(NCCS(=O)CC)n1. The van der Waals surface area contributed by atoms with Crippen LogP contribution in [-0.2, 0) is 10.8 Å². The molecular formula is C11H19BrN4OS. The highest BCUT2D eigenvalue weighted by Crippen LogP contribution is 2.19. The summed E-state index contributed by atoms with van der Waals surface area (Å²) >= 11 is 3.39. The topological polar surface area (TPSA) is 66.9 Å². The maximum atomic E-state index is 11.3. The van der Waals surface area contributed by atoms with Crippen molar-refractivity contribution in [2.24, 2.45) is 0 Å². The molecule has 1 aromatic rings. The van der Waals surface area contributed by atoms with Crippen LogP contribution in [0.15, 0.2) is 10.7 Å². The molecule has 2 N–H and O–H groups in total. The summed E-state index contributed by atoms with van der Waals surface area (Å²) in [5, 5.41) is 6.29. The molecule has 1 unspecified atom stereocenters. The van der Waals surface area contributed by atoms with Crippen molar-refractivity contribution in [3.8, 4) is 0 Å². The van der Waals surface area contributed by atoms with E-state index in [9.17, 15) is 4.21 Å². The van der Waals surface area contributed by atoms with Gasteiger partial charge in [-0.15, -0.1) is 0 Å². The Hall–Kier alpha value is -0.690. The third-order valence-corrected chi connectivity index (χ3v) is 4.11. The highest BCUT2D eigenvalue weighted by molar-refractivity contribution is 9.10. The Balaban J connectivity index is 2.55. The molecular weight excluding hydrogens is 316 g/mol. The number of anilines is 2. The Morgan fingerprint density at radius 2 is 2.11 bits per heavy atom. The Morgan fingerprint density at radius 3 is 2.78 bits per heavy atom. The molecule has 0 amide bonds. The molecule has 0 fully saturated rings. The van der Waals surface area contributed by atoms with Crippen molar-refractivity contribution in [2.75, 3.05) is 35.2 Å². The van der Waals surface area contributed by atoms with Crippen LogP contribution in [0.4, 0.5) is 11.8 Å². The van der Waals surface area contributed by atoms with Crippen molar-refractivity contribution in [3.63, 3.8) is 0 Å². The zero-order valence-corrected chi connectivity index (χ0v) is 13.1. The van der Waals surface area contributed by atoms with Gasteiger partial charge in [0.05, 0.1) is 4.47 Å². The fourth-order valence-corrected chi connectivity index (χ4v) is 2.19. The predicted octanol–water partition coefficient (Wildman–Crippen LogP) is 2.24. The monoisotopic (exact) mass is 334 g/mol. The zero-order valence-electron chi connectivity index (χ0n) is 10.7. The maximum Gasteiger partial charge on any atom is 0.224 e. The standard InChI is InChI=1S/C11H19BrN4OS/c1-3-5-14-11-15-8-9(12)10(16-11)13-6-7-18(17)4-2/h8H,3-7H2,1-2H3,(H2,13,14,15,16). The van der Waals surface area contributed by atoms with E-state index in [0.717, 1.165) is 23.3 Å². The Morgan fingerprint density at radius 1 is 1.33 bits per heavy atom. The van der Waals surface area contributed by atoms with E-state index in [-0.39, 0.29) is 0 Å². The summed E-state index contributed by atoms with van der Waals surface area (Å²) in [6.45, 7) is 5.50. The first-order valence-corrected chi connectivity index (χ1v) is 8.30. The lowest BCUT2D eigenvalue weighted by Gasteiger charge is -2.09. The average molecular weight is 335 g/mol. The van der Waals surface area contributed by atoms with Gasteiger partial charge in [0.25, 0.3) is 0 Å². The minimum atomic E-state index is -0.754. The second kappa shape index (κ2) is 8.42. The Bertz CT molecular complexity index is 403. The number of aromatic nitrogens is 2. The third-order valence-electron chi connectivity index (χ3n) is 2.22. The summed E-state index contributed by atoms with van der Waals surface area (Å²) in [4.78, 5) is 8.52. The summed E-state index contributed by atoms with van der Waals surface area (Å²) in [6.07, 6.45) is 2.74. The normalized spacial score (nSPS) is 12.2. The first-order chi connectivity index (χ1) is 8.67. The van der Waals surface area contributed by atoms with Crippen LogP contribution in [0.5, 0.6) is 0 Å². The number of nitrogens with one attached hydrogen (secondary N) is 2. The molecule has 0 bridgehead atoms. The fourth-order valence-electron chi connectivity index (χ4n) is 1.24. The van der Waals surface area contributed by atoms with Crippen molar-refractivity contribution >= 4 is 38.5 Å². The second-order valence-corrected chi connectivity index (χ2v) is 6.40. The molecule has 7 heteroatoms. The van der Waals surface area contributed by atoms with Crippen molar-refractivity contribution in [2.45, 2.75) is 20.3 Å². The summed E-state index contributed by atoms with van der Waals surface area (Å²) in [7, 11) is -0.754. The van der Waals surface area contributed by atoms with E-state index in [1.54, 1.807) is 6.20 Å². The van der Waals surface area contributed by atoms with Crippen LogP contribution in [0.1, 0.15) is 20.3 Å². The molecule has 0 saturated carbocycles. The highest BCUT2D eigenvalue weighted by Gasteiger charge is 2.04. The lowest BCUT2D eigenvalue weighted by atomic mass is 10.5. The molecule has 0 radical (unpaired) electrons. The molecule has 18 heavy (non-hydrogen) atoms. The Kier molecular flexibility index (Phi) is 7.19. The molecule has 102 valence electrons. The fraction of sp³-hybridized carbons (Fsp3) is 0.636. The van der Waals surface area contributed by atoms with Crippen molar-refractivity contribution in [1.29, 1.82) is 0 Å². The molecule has 0 saturated heterocycles. The number of hydrogen-bond acceptors (Lipinski definition) is 5. The molecule has 0 aliphatic carbocycles. The van der Waals surface area contributed by atoms with Crippen LogP contribution >= 0.6 is 15.9 Å². The quantitative estimate of drug-likeness (QED) is 0.763. The smallest absolute Gasteiger partial charge is 0.224 e. The number of hydrogen-bond donors (Lipinski definition) is 2. The van der Waals surface area contributed by atoms with Gasteiger partial charge in [-0.25, -0.2) is 4.98 Å². The van der Waals surface area contributed by atoms with Crippen LogP contribution in [0, 0.1) is 0 Å². The van der Waals surface area contributed by atoms with E-state index in [2.05, 4.69) is 43.5 Å². The van der Waals surface area contributed by atoms with Crippen molar-refractivity contribution in [1.82, 2.24) is 9.97 Å². The lowest BCUT2D eigenvalue weighted by molar-refractivity contribution is 0.684. The zero-order chi connectivity index (χ0) is 13.4. The largest absolute Gasteiger partial charge is 0.368 e. The molecule has 1 heterocycles. The summed E-state index contributed by atoms with van der Waals surface area (Å²) in [5.74, 6) is 2.66. The Labute approximate surface area is 119 Å². The minimum absolute atomic E-state index is 0.610. The third kappa shape index (κ3) is 5.30. The van der Waals surface area contributed by atoms with Gasteiger partial charge >= 0.3 is 0 Å². The van der Waals surface area contributed by atoms with Gasteiger partial charge in [-0.3, -0.25) is 4.21 Å². The first-order valence-electron chi connectivity index (χ1n) is 6.02. The van der Waals surface area contributed by atoms with E-state index in [1.165, 1.54) is 0 Å². The summed E-state index contributed by atoms with van der Waals surface area (Å²) < 4.78 is 12.1. The molecule has 5 nitrogen and oxygen atoms in total. The van der Waals surface area contributed by atoms with Crippen molar-refractivity contribution in [3.05, 3.63) is 10.7 Å². The maximum absolute atomic E-state index is 11.3. The van der Waals surface area contributed by atoms with Crippen LogP contribution in [0.2, 0.25) is 0 Å². The summed E-state index contributed by atoms with van der Waals surface area (Å²) in [6, 6.07) is 0. The molecule has 1 atom stereocenters. The van der Waals surface area contributed by atoms with E-state index >= 15 is 0 Å². The van der Waals surface area contributed by atoms with E-state index in [4.69, 9.17) is 0 Å². The molecule has 1 aromatic heterocycles. The van der Waals surface area contributed by atoms with Crippen LogP contribution in [0.3, 0.4) is 0 Å².